The number of para-hydroxylation sites is 1. The SMILES string of the molecule is CCOc1cccc2sc(N(CCN(CC)CC)C(=O)c3cccc([N+](=O)[O-])c3)nc12.[Cl-]. The minimum Gasteiger partial charge on any atom is -1.00 e. The second kappa shape index (κ2) is 11.8. The number of carbonyl (C=O) groups excluding carboxylic acids is 1. The number of ether oxygens (including phenoxy) is 1. The van der Waals surface area contributed by atoms with Gasteiger partial charge in [-0.2, -0.15) is 0 Å². The zero-order valence-corrected chi connectivity index (χ0v) is 19.9. The zero-order valence-electron chi connectivity index (χ0n) is 18.3. The maximum Gasteiger partial charge on any atom is 0.270 e. The van der Waals surface area contributed by atoms with Gasteiger partial charge in [0.25, 0.3) is 11.6 Å². The molecule has 0 spiro atoms. The Bertz CT molecular complexity index is 1070. The Hall–Kier alpha value is -2.75. The molecule has 0 N–H and O–H groups in total. The van der Waals surface area contributed by atoms with Crippen LogP contribution in [0.2, 0.25) is 0 Å². The van der Waals surface area contributed by atoms with Crippen LogP contribution in [0.15, 0.2) is 42.5 Å². The number of hydrogen-bond acceptors (Lipinski definition) is 7. The van der Waals surface area contributed by atoms with Crippen molar-refractivity contribution in [1.82, 2.24) is 9.88 Å². The number of amides is 1. The van der Waals surface area contributed by atoms with E-state index >= 15 is 0 Å². The molecule has 0 saturated carbocycles. The fourth-order valence-electron chi connectivity index (χ4n) is 3.27. The minimum absolute atomic E-state index is 0. The highest BCUT2D eigenvalue weighted by Gasteiger charge is 2.24. The van der Waals surface area contributed by atoms with Gasteiger partial charge in [0.05, 0.1) is 16.2 Å². The van der Waals surface area contributed by atoms with Crippen LogP contribution < -0.4 is 22.0 Å². The molecule has 0 fully saturated rings. The van der Waals surface area contributed by atoms with Crippen LogP contribution >= 0.6 is 11.3 Å². The van der Waals surface area contributed by atoms with Gasteiger partial charge in [0.2, 0.25) is 0 Å². The number of non-ortho nitro benzene ring substituents is 1. The smallest absolute Gasteiger partial charge is 0.270 e. The second-order valence-electron chi connectivity index (χ2n) is 6.82. The van der Waals surface area contributed by atoms with E-state index in [4.69, 9.17) is 9.72 Å². The van der Waals surface area contributed by atoms with E-state index in [1.165, 1.54) is 29.5 Å². The second-order valence-corrected chi connectivity index (χ2v) is 7.83. The summed E-state index contributed by atoms with van der Waals surface area (Å²) in [6, 6.07) is 11.5. The number of halogens is 1. The van der Waals surface area contributed by atoms with E-state index in [-0.39, 0.29) is 29.6 Å². The molecule has 1 aromatic heterocycles. The van der Waals surface area contributed by atoms with Crippen molar-refractivity contribution in [2.45, 2.75) is 20.8 Å². The van der Waals surface area contributed by atoms with Crippen molar-refractivity contribution in [1.29, 1.82) is 0 Å². The predicted octanol–water partition coefficient (Wildman–Crippen LogP) is 1.60. The van der Waals surface area contributed by atoms with Crippen LogP contribution in [0.4, 0.5) is 10.8 Å². The highest BCUT2D eigenvalue weighted by molar-refractivity contribution is 7.22. The van der Waals surface area contributed by atoms with Crippen LogP contribution in [0.25, 0.3) is 10.2 Å². The number of rotatable bonds is 10. The first-order valence-electron chi connectivity index (χ1n) is 10.3. The van der Waals surface area contributed by atoms with E-state index in [0.29, 0.717) is 36.1 Å². The fourth-order valence-corrected chi connectivity index (χ4v) is 4.28. The molecule has 0 bridgehead atoms. The first kappa shape index (κ1) is 25.5. The predicted molar refractivity (Wildman–Crippen MR) is 123 cm³/mol. The molecule has 1 amide bonds. The molecule has 1 heterocycles. The molecule has 172 valence electrons. The summed E-state index contributed by atoms with van der Waals surface area (Å²) in [4.78, 5) is 32.6. The van der Waals surface area contributed by atoms with Crippen LogP contribution in [-0.2, 0) is 0 Å². The van der Waals surface area contributed by atoms with Gasteiger partial charge < -0.3 is 22.0 Å². The molecule has 32 heavy (non-hydrogen) atoms. The van der Waals surface area contributed by atoms with Crippen molar-refractivity contribution in [3.05, 3.63) is 58.1 Å². The van der Waals surface area contributed by atoms with Crippen molar-refractivity contribution in [3.8, 4) is 5.75 Å². The zero-order chi connectivity index (χ0) is 22.4. The van der Waals surface area contributed by atoms with Crippen LogP contribution in [0, 0.1) is 10.1 Å². The van der Waals surface area contributed by atoms with E-state index in [2.05, 4.69) is 18.7 Å². The van der Waals surface area contributed by atoms with Gasteiger partial charge in [0.15, 0.2) is 5.13 Å². The van der Waals surface area contributed by atoms with Crippen LogP contribution in [-0.4, -0.2) is 53.5 Å². The lowest BCUT2D eigenvalue weighted by Gasteiger charge is -2.24. The Morgan fingerprint density at radius 1 is 1.12 bits per heavy atom. The number of carbonyl (C=O) groups is 1. The summed E-state index contributed by atoms with van der Waals surface area (Å²) in [5, 5.41) is 11.7. The van der Waals surface area contributed by atoms with Crippen LogP contribution in [0.1, 0.15) is 31.1 Å². The molecule has 0 aliphatic carbocycles. The Morgan fingerprint density at radius 2 is 1.84 bits per heavy atom. The number of nitro groups is 1. The summed E-state index contributed by atoms with van der Waals surface area (Å²) >= 11 is 1.41. The average molecular weight is 478 g/mol. The Labute approximate surface area is 197 Å². The summed E-state index contributed by atoms with van der Waals surface area (Å²) in [7, 11) is 0. The minimum atomic E-state index is -0.497. The summed E-state index contributed by atoms with van der Waals surface area (Å²) in [5.74, 6) is 0.363. The number of benzene rings is 2. The number of nitrogens with zero attached hydrogens (tertiary/aromatic N) is 4. The van der Waals surface area contributed by atoms with Gasteiger partial charge in [0.1, 0.15) is 11.3 Å². The first-order chi connectivity index (χ1) is 15.0. The fraction of sp³-hybridized carbons (Fsp3) is 0.364. The highest BCUT2D eigenvalue weighted by Crippen LogP contribution is 2.35. The molecule has 3 aromatic rings. The molecule has 0 atom stereocenters. The van der Waals surface area contributed by atoms with E-state index in [0.717, 1.165) is 17.8 Å². The molecule has 0 radical (unpaired) electrons. The highest BCUT2D eigenvalue weighted by atomic mass is 35.5. The van der Waals surface area contributed by atoms with Crippen LogP contribution in [0.5, 0.6) is 5.75 Å². The molecule has 0 saturated heterocycles. The Morgan fingerprint density at radius 3 is 2.50 bits per heavy atom. The van der Waals surface area contributed by atoms with Crippen molar-refractivity contribution in [2.75, 3.05) is 37.7 Å². The van der Waals surface area contributed by atoms with Gasteiger partial charge >= 0.3 is 0 Å². The lowest BCUT2D eigenvalue weighted by molar-refractivity contribution is -0.384. The molecular weight excluding hydrogens is 452 g/mol. The molecule has 0 aliphatic heterocycles. The van der Waals surface area contributed by atoms with E-state index in [1.807, 2.05) is 25.1 Å². The molecule has 0 aliphatic rings. The van der Waals surface area contributed by atoms with E-state index in [1.54, 1.807) is 11.0 Å². The van der Waals surface area contributed by atoms with Gasteiger partial charge in [-0.25, -0.2) is 4.98 Å². The lowest BCUT2D eigenvalue weighted by atomic mass is 10.2. The molecular formula is C22H26ClN4O4S-. The summed E-state index contributed by atoms with van der Waals surface area (Å²) < 4.78 is 6.61. The van der Waals surface area contributed by atoms with Crippen molar-refractivity contribution in [2.24, 2.45) is 0 Å². The number of thiazole rings is 1. The van der Waals surface area contributed by atoms with Gasteiger partial charge in [0, 0.05) is 30.8 Å². The maximum absolute atomic E-state index is 13.4. The number of likely N-dealkylation sites (N-methyl/N-ethyl adjacent to an activating group) is 1. The summed E-state index contributed by atoms with van der Waals surface area (Å²) in [6.07, 6.45) is 0. The topological polar surface area (TPSA) is 88.8 Å². The van der Waals surface area contributed by atoms with Gasteiger partial charge in [-0.3, -0.25) is 19.8 Å². The number of nitro benzene ring substituents is 1. The number of fused-ring (bicyclic) bond motifs is 1. The number of hydrogen-bond donors (Lipinski definition) is 0. The van der Waals surface area contributed by atoms with Gasteiger partial charge in [-0.15, -0.1) is 0 Å². The Balaban J connectivity index is 0.00000363. The molecule has 8 nitrogen and oxygen atoms in total. The summed E-state index contributed by atoms with van der Waals surface area (Å²) in [5.41, 5.74) is 0.861. The first-order valence-corrected chi connectivity index (χ1v) is 11.1. The molecule has 10 heteroatoms. The van der Waals surface area contributed by atoms with Crippen molar-refractivity contribution < 1.29 is 26.9 Å². The molecule has 2 aromatic carbocycles. The third-order valence-electron chi connectivity index (χ3n) is 4.98. The van der Waals surface area contributed by atoms with Gasteiger partial charge in [-0.1, -0.05) is 37.3 Å². The Kier molecular flexibility index (Phi) is 9.37. The molecule has 0 unspecified atom stereocenters. The number of aromatic nitrogens is 1. The van der Waals surface area contributed by atoms with E-state index in [9.17, 15) is 14.9 Å². The summed E-state index contributed by atoms with van der Waals surface area (Å²) in [6.45, 7) is 9.39. The van der Waals surface area contributed by atoms with E-state index < -0.39 is 4.92 Å². The average Bonchev–Trinajstić information content (AvgIpc) is 3.21. The normalized spacial score (nSPS) is 10.8. The monoisotopic (exact) mass is 477 g/mol. The lowest BCUT2D eigenvalue weighted by Crippen LogP contribution is -3.00. The maximum atomic E-state index is 13.4. The van der Waals surface area contributed by atoms with Crippen molar-refractivity contribution >= 4 is 38.3 Å². The standard InChI is InChI=1S/C22H26N4O4S.ClH/c1-4-24(5-2)13-14-25(21(27)16-9-7-10-17(15-16)26(28)29)22-23-20-18(30-6-3)11-8-12-19(20)31-22;/h7-12,15H,4-6,13-14H2,1-3H3;1H/p-1. The largest absolute Gasteiger partial charge is 1.00 e. The van der Waals surface area contributed by atoms with Crippen molar-refractivity contribution in [3.63, 3.8) is 0 Å². The third-order valence-corrected chi connectivity index (χ3v) is 6.03. The number of anilines is 1. The quantitative estimate of drug-likeness (QED) is 0.325. The third kappa shape index (κ3) is 5.73. The molecule has 3 rings (SSSR count). The van der Waals surface area contributed by atoms with Gasteiger partial charge in [-0.05, 0) is 38.2 Å². The van der Waals surface area contributed by atoms with Crippen LogP contribution in [0.3, 0.4) is 0 Å².